The van der Waals surface area contributed by atoms with Crippen molar-refractivity contribution < 1.29 is 9.59 Å². The van der Waals surface area contributed by atoms with Crippen molar-refractivity contribution in [1.82, 2.24) is 19.7 Å². The number of nitrogens with two attached hydrogens (primary N) is 1. The van der Waals surface area contributed by atoms with Crippen LogP contribution in [0.1, 0.15) is 32.1 Å². The summed E-state index contributed by atoms with van der Waals surface area (Å²) in [5, 5.41) is 7.86. The van der Waals surface area contributed by atoms with E-state index in [1.54, 1.807) is 11.6 Å². The molecule has 1 saturated heterocycles. The summed E-state index contributed by atoms with van der Waals surface area (Å²) in [5.41, 5.74) is 5.62. The maximum Gasteiger partial charge on any atom is 0.243 e. The number of rotatable bonds is 3. The van der Waals surface area contributed by atoms with Gasteiger partial charge in [0.15, 0.2) is 5.16 Å². The standard InChI is InChI=1S/C12H17N5O2S/c1-16-11(13)14-15-12(16)20-8-6-9(18)17(10(8)19)7-4-2-3-5-7/h7-8H,2-6H2,1H3,(H2,13,14). The van der Waals surface area contributed by atoms with E-state index in [-0.39, 0.29) is 24.3 Å². The number of likely N-dealkylation sites (tertiary alicyclic amines) is 1. The van der Waals surface area contributed by atoms with Crippen LogP contribution in [-0.2, 0) is 16.6 Å². The van der Waals surface area contributed by atoms with Gasteiger partial charge in [-0.15, -0.1) is 10.2 Å². The second-order valence-electron chi connectivity index (χ2n) is 5.25. The Balaban J connectivity index is 1.74. The highest BCUT2D eigenvalue weighted by Gasteiger charge is 2.43. The molecule has 0 spiro atoms. The average Bonchev–Trinajstić information content (AvgIpc) is 3.09. The van der Waals surface area contributed by atoms with Gasteiger partial charge in [0, 0.05) is 19.5 Å². The molecule has 2 amide bonds. The lowest BCUT2D eigenvalue weighted by atomic mass is 10.2. The first-order valence-corrected chi connectivity index (χ1v) is 7.63. The molecule has 0 aromatic carbocycles. The highest BCUT2D eigenvalue weighted by atomic mass is 32.2. The molecule has 108 valence electrons. The third kappa shape index (κ3) is 2.17. The van der Waals surface area contributed by atoms with Crippen LogP contribution in [0.2, 0.25) is 0 Å². The molecule has 1 unspecified atom stereocenters. The van der Waals surface area contributed by atoms with Crippen molar-refractivity contribution >= 4 is 29.5 Å². The van der Waals surface area contributed by atoms with Crippen LogP contribution in [0.4, 0.5) is 5.95 Å². The quantitative estimate of drug-likeness (QED) is 0.819. The molecule has 20 heavy (non-hydrogen) atoms. The van der Waals surface area contributed by atoms with Gasteiger partial charge in [0.1, 0.15) is 5.25 Å². The third-order valence-corrected chi connectivity index (χ3v) is 5.17. The molecule has 2 heterocycles. The van der Waals surface area contributed by atoms with Gasteiger partial charge in [-0.05, 0) is 12.8 Å². The third-order valence-electron chi connectivity index (χ3n) is 3.95. The minimum absolute atomic E-state index is 0.0606. The Labute approximate surface area is 120 Å². The number of hydrogen-bond donors (Lipinski definition) is 1. The molecule has 1 aromatic heterocycles. The van der Waals surface area contributed by atoms with E-state index in [1.807, 2.05) is 0 Å². The molecule has 1 aromatic rings. The van der Waals surface area contributed by atoms with Gasteiger partial charge in [0.25, 0.3) is 0 Å². The fraction of sp³-hybridized carbons (Fsp3) is 0.667. The van der Waals surface area contributed by atoms with Crippen molar-refractivity contribution in [3.05, 3.63) is 0 Å². The SMILES string of the molecule is Cn1c(N)nnc1SC1CC(=O)N(C2CCCC2)C1=O. The van der Waals surface area contributed by atoms with Crippen LogP contribution in [-0.4, -0.2) is 42.8 Å². The highest BCUT2D eigenvalue weighted by molar-refractivity contribution is 8.00. The highest BCUT2D eigenvalue weighted by Crippen LogP contribution is 2.34. The summed E-state index contributed by atoms with van der Waals surface area (Å²) in [6, 6.07) is 0.102. The fourth-order valence-corrected chi connectivity index (χ4v) is 3.85. The molecule has 7 nitrogen and oxygen atoms in total. The van der Waals surface area contributed by atoms with Crippen molar-refractivity contribution in [1.29, 1.82) is 0 Å². The molecule has 2 aliphatic rings. The van der Waals surface area contributed by atoms with Crippen LogP contribution in [0.5, 0.6) is 0 Å². The Kier molecular flexibility index (Phi) is 3.41. The molecular formula is C12H17N5O2S. The van der Waals surface area contributed by atoms with Crippen LogP contribution in [0.25, 0.3) is 0 Å². The van der Waals surface area contributed by atoms with Gasteiger partial charge in [-0.25, -0.2) is 0 Å². The number of nitrogen functional groups attached to an aromatic ring is 1. The predicted octanol–water partition coefficient (Wildman–Crippen LogP) is 0.559. The van der Waals surface area contributed by atoms with Crippen LogP contribution < -0.4 is 5.73 Å². The first-order valence-electron chi connectivity index (χ1n) is 6.75. The minimum atomic E-state index is -0.398. The summed E-state index contributed by atoms with van der Waals surface area (Å²) in [6.45, 7) is 0. The molecule has 8 heteroatoms. The lowest BCUT2D eigenvalue weighted by Gasteiger charge is -2.21. The summed E-state index contributed by atoms with van der Waals surface area (Å²) in [6.07, 6.45) is 4.31. The van der Waals surface area contributed by atoms with Crippen LogP contribution in [0, 0.1) is 0 Å². The van der Waals surface area contributed by atoms with E-state index in [0.29, 0.717) is 11.1 Å². The molecule has 1 atom stereocenters. The van der Waals surface area contributed by atoms with Gasteiger partial charge < -0.3 is 5.73 Å². The molecular weight excluding hydrogens is 278 g/mol. The Morgan fingerprint density at radius 3 is 2.55 bits per heavy atom. The molecule has 2 N–H and O–H groups in total. The summed E-state index contributed by atoms with van der Waals surface area (Å²) >= 11 is 1.27. The normalized spacial score (nSPS) is 24.1. The van der Waals surface area contributed by atoms with Crippen molar-refractivity contribution in [3.8, 4) is 0 Å². The summed E-state index contributed by atoms with van der Waals surface area (Å²) in [4.78, 5) is 26.0. The zero-order chi connectivity index (χ0) is 14.3. The summed E-state index contributed by atoms with van der Waals surface area (Å²) in [5.74, 6) is 0.153. The molecule has 0 radical (unpaired) electrons. The fourth-order valence-electron chi connectivity index (χ4n) is 2.82. The summed E-state index contributed by atoms with van der Waals surface area (Å²) in [7, 11) is 1.74. The zero-order valence-electron chi connectivity index (χ0n) is 11.3. The second-order valence-corrected chi connectivity index (χ2v) is 6.42. The van der Waals surface area contributed by atoms with Crippen molar-refractivity contribution in [3.63, 3.8) is 0 Å². The predicted molar refractivity (Wildman–Crippen MR) is 73.8 cm³/mol. The number of carbonyl (C=O) groups is 2. The largest absolute Gasteiger partial charge is 0.368 e. The average molecular weight is 295 g/mol. The van der Waals surface area contributed by atoms with E-state index in [0.717, 1.165) is 25.7 Å². The molecule has 1 aliphatic carbocycles. The number of thioether (sulfide) groups is 1. The van der Waals surface area contributed by atoms with Crippen molar-refractivity contribution in [2.24, 2.45) is 7.05 Å². The minimum Gasteiger partial charge on any atom is -0.368 e. The van der Waals surface area contributed by atoms with E-state index >= 15 is 0 Å². The van der Waals surface area contributed by atoms with Crippen LogP contribution >= 0.6 is 11.8 Å². The number of nitrogens with zero attached hydrogens (tertiary/aromatic N) is 4. The van der Waals surface area contributed by atoms with Gasteiger partial charge >= 0.3 is 0 Å². The topological polar surface area (TPSA) is 94.1 Å². The second kappa shape index (κ2) is 5.08. The number of carbonyl (C=O) groups excluding carboxylic acids is 2. The Morgan fingerprint density at radius 2 is 1.95 bits per heavy atom. The Morgan fingerprint density at radius 1 is 1.25 bits per heavy atom. The number of aromatic nitrogens is 3. The van der Waals surface area contributed by atoms with Gasteiger partial charge in [0.05, 0.1) is 0 Å². The van der Waals surface area contributed by atoms with E-state index in [2.05, 4.69) is 10.2 Å². The maximum atomic E-state index is 12.4. The number of anilines is 1. The van der Waals surface area contributed by atoms with E-state index < -0.39 is 5.25 Å². The molecule has 2 fully saturated rings. The molecule has 3 rings (SSSR count). The van der Waals surface area contributed by atoms with Gasteiger partial charge in [0.2, 0.25) is 17.8 Å². The smallest absolute Gasteiger partial charge is 0.243 e. The van der Waals surface area contributed by atoms with E-state index in [4.69, 9.17) is 5.73 Å². The lowest BCUT2D eigenvalue weighted by molar-refractivity contribution is -0.140. The molecule has 1 aliphatic heterocycles. The maximum absolute atomic E-state index is 12.4. The van der Waals surface area contributed by atoms with E-state index in [1.165, 1.54) is 16.7 Å². The molecule has 1 saturated carbocycles. The van der Waals surface area contributed by atoms with Crippen LogP contribution in [0.15, 0.2) is 5.16 Å². The monoisotopic (exact) mass is 295 g/mol. The van der Waals surface area contributed by atoms with Crippen molar-refractivity contribution in [2.75, 3.05) is 5.73 Å². The Bertz CT molecular complexity index is 552. The lowest BCUT2D eigenvalue weighted by Crippen LogP contribution is -2.39. The number of imide groups is 1. The first kappa shape index (κ1) is 13.4. The van der Waals surface area contributed by atoms with Gasteiger partial charge in [-0.1, -0.05) is 24.6 Å². The van der Waals surface area contributed by atoms with Gasteiger partial charge in [-0.2, -0.15) is 0 Å². The number of amides is 2. The van der Waals surface area contributed by atoms with Crippen molar-refractivity contribution in [2.45, 2.75) is 48.6 Å². The number of hydrogen-bond acceptors (Lipinski definition) is 6. The summed E-state index contributed by atoms with van der Waals surface area (Å²) < 4.78 is 1.63. The van der Waals surface area contributed by atoms with Crippen LogP contribution in [0.3, 0.4) is 0 Å². The molecule has 0 bridgehead atoms. The first-order chi connectivity index (χ1) is 9.58. The zero-order valence-corrected chi connectivity index (χ0v) is 12.1. The van der Waals surface area contributed by atoms with E-state index in [9.17, 15) is 9.59 Å². The van der Waals surface area contributed by atoms with Gasteiger partial charge in [-0.3, -0.25) is 19.1 Å². The Hall–Kier alpha value is -1.57.